The molecule has 1 aromatic carbocycles. The quantitative estimate of drug-likeness (QED) is 0.518. The van der Waals surface area contributed by atoms with E-state index in [4.69, 9.17) is 10.1 Å². The third kappa shape index (κ3) is 4.98. The van der Waals surface area contributed by atoms with Crippen molar-refractivity contribution >= 4 is 23.0 Å². The number of carboxylic acids is 1. The summed E-state index contributed by atoms with van der Waals surface area (Å²) in [6.45, 7) is 0. The van der Waals surface area contributed by atoms with Crippen molar-refractivity contribution in [3.8, 4) is 0 Å². The molecule has 2 fully saturated rings. The van der Waals surface area contributed by atoms with Crippen LogP contribution in [-0.4, -0.2) is 31.7 Å². The Balaban J connectivity index is 1.43. The van der Waals surface area contributed by atoms with Crippen LogP contribution in [0.3, 0.4) is 0 Å². The van der Waals surface area contributed by atoms with Crippen molar-refractivity contribution in [2.45, 2.75) is 76.3 Å². The lowest BCUT2D eigenvalue weighted by Gasteiger charge is -2.28. The molecule has 0 saturated heterocycles. The highest BCUT2D eigenvalue weighted by Gasteiger charge is 2.25. The maximum Gasteiger partial charge on any atom is 0.303 e. The van der Waals surface area contributed by atoms with Crippen molar-refractivity contribution in [3.05, 3.63) is 64.1 Å². The summed E-state index contributed by atoms with van der Waals surface area (Å²) in [6, 6.07) is 12.5. The molecule has 2 N–H and O–H groups in total. The Kier molecular flexibility index (Phi) is 6.61. The van der Waals surface area contributed by atoms with Crippen LogP contribution in [0.5, 0.6) is 0 Å². The fourth-order valence-electron chi connectivity index (χ4n) is 5.63. The number of nitrogens with one attached hydrogen (secondary N) is 1. The van der Waals surface area contributed by atoms with Crippen LogP contribution in [0.2, 0.25) is 0 Å². The topological polar surface area (TPSA) is 97.1 Å². The Morgan fingerprint density at radius 2 is 1.79 bits per heavy atom. The van der Waals surface area contributed by atoms with Gasteiger partial charge in [0, 0.05) is 42.1 Å². The van der Waals surface area contributed by atoms with Gasteiger partial charge in [0.25, 0.3) is 5.56 Å². The van der Waals surface area contributed by atoms with Gasteiger partial charge in [0.2, 0.25) is 5.95 Å². The molecule has 0 radical (unpaired) electrons. The van der Waals surface area contributed by atoms with Crippen LogP contribution >= 0.6 is 0 Å². The van der Waals surface area contributed by atoms with Gasteiger partial charge in [-0.15, -0.1) is 0 Å². The largest absolute Gasteiger partial charge is 0.481 e. The van der Waals surface area contributed by atoms with Crippen molar-refractivity contribution in [1.82, 2.24) is 14.5 Å². The lowest BCUT2D eigenvalue weighted by molar-refractivity contribution is -0.138. The van der Waals surface area contributed by atoms with E-state index in [9.17, 15) is 9.59 Å². The van der Waals surface area contributed by atoms with E-state index in [2.05, 4.69) is 22.4 Å². The van der Waals surface area contributed by atoms with E-state index in [1.807, 2.05) is 35.0 Å². The number of benzene rings is 1. The summed E-state index contributed by atoms with van der Waals surface area (Å²) in [4.78, 5) is 34.0. The number of hydrogen-bond donors (Lipinski definition) is 2. The molecule has 0 aliphatic heterocycles. The minimum absolute atomic E-state index is 0.0575. The molecule has 2 aliphatic carbocycles. The molecule has 2 aliphatic rings. The SMILES string of the molecule is O=C(O)CC1CCC(Nc2ncc3cc(Cc4ccccc4)c(=O)n(C4CCCC4)c3n2)CC1. The molecule has 2 heterocycles. The van der Waals surface area contributed by atoms with Gasteiger partial charge < -0.3 is 10.4 Å². The Bertz CT molecular complexity index is 1210. The molecule has 0 atom stereocenters. The summed E-state index contributed by atoms with van der Waals surface area (Å²) in [5.74, 6) is 0.0885. The number of nitrogens with zero attached hydrogens (tertiary/aromatic N) is 3. The van der Waals surface area contributed by atoms with Gasteiger partial charge in [-0.3, -0.25) is 14.2 Å². The second-order valence-electron chi connectivity index (χ2n) is 9.88. The summed E-state index contributed by atoms with van der Waals surface area (Å²) < 4.78 is 1.93. The van der Waals surface area contributed by atoms with Crippen LogP contribution in [0.25, 0.3) is 11.0 Å². The number of carbonyl (C=O) groups is 1. The molecular weight excluding hydrogens is 428 g/mol. The Labute approximate surface area is 199 Å². The molecule has 5 rings (SSSR count). The molecule has 0 amide bonds. The monoisotopic (exact) mass is 460 g/mol. The second kappa shape index (κ2) is 9.95. The van der Waals surface area contributed by atoms with Crippen molar-refractivity contribution < 1.29 is 9.90 Å². The first-order valence-electron chi connectivity index (χ1n) is 12.5. The maximum absolute atomic E-state index is 13.6. The van der Waals surface area contributed by atoms with Gasteiger partial charge in [0.1, 0.15) is 5.65 Å². The van der Waals surface area contributed by atoms with E-state index < -0.39 is 5.97 Å². The predicted molar refractivity (Wildman–Crippen MR) is 132 cm³/mol. The molecular formula is C27H32N4O3. The Morgan fingerprint density at radius 3 is 2.50 bits per heavy atom. The highest BCUT2D eigenvalue weighted by atomic mass is 16.4. The molecule has 34 heavy (non-hydrogen) atoms. The van der Waals surface area contributed by atoms with Crippen LogP contribution < -0.4 is 10.9 Å². The number of anilines is 1. The first kappa shape index (κ1) is 22.6. The number of pyridine rings is 1. The van der Waals surface area contributed by atoms with E-state index in [1.165, 1.54) is 0 Å². The van der Waals surface area contributed by atoms with Crippen LogP contribution in [0, 0.1) is 5.92 Å². The van der Waals surface area contributed by atoms with Crippen molar-refractivity contribution in [2.24, 2.45) is 5.92 Å². The number of fused-ring (bicyclic) bond motifs is 1. The first-order chi connectivity index (χ1) is 16.6. The molecule has 7 nitrogen and oxygen atoms in total. The smallest absolute Gasteiger partial charge is 0.303 e. The minimum Gasteiger partial charge on any atom is -0.481 e. The minimum atomic E-state index is -0.717. The number of aromatic nitrogens is 3. The van der Waals surface area contributed by atoms with Crippen LogP contribution in [0.15, 0.2) is 47.4 Å². The van der Waals surface area contributed by atoms with Crippen LogP contribution in [0.4, 0.5) is 5.95 Å². The van der Waals surface area contributed by atoms with E-state index in [0.29, 0.717) is 18.0 Å². The van der Waals surface area contributed by atoms with Gasteiger partial charge in [0.15, 0.2) is 0 Å². The molecule has 0 unspecified atom stereocenters. The average molecular weight is 461 g/mol. The average Bonchev–Trinajstić information content (AvgIpc) is 3.36. The third-order valence-electron chi connectivity index (χ3n) is 7.42. The molecule has 0 bridgehead atoms. The third-order valence-corrected chi connectivity index (χ3v) is 7.42. The van der Waals surface area contributed by atoms with E-state index in [-0.39, 0.29) is 30.0 Å². The van der Waals surface area contributed by atoms with Crippen LogP contribution in [-0.2, 0) is 11.2 Å². The zero-order valence-corrected chi connectivity index (χ0v) is 19.4. The summed E-state index contributed by atoms with van der Waals surface area (Å²) in [7, 11) is 0. The number of carboxylic acid groups (broad SMARTS) is 1. The van der Waals surface area contributed by atoms with Crippen molar-refractivity contribution in [2.75, 3.05) is 5.32 Å². The summed E-state index contributed by atoms with van der Waals surface area (Å²) in [6.07, 6.45) is 10.6. The van der Waals surface area contributed by atoms with Gasteiger partial charge in [-0.05, 0) is 56.1 Å². The molecule has 2 saturated carbocycles. The molecule has 178 valence electrons. The maximum atomic E-state index is 13.6. The number of hydrogen-bond acceptors (Lipinski definition) is 5. The van der Waals surface area contributed by atoms with E-state index >= 15 is 0 Å². The fourth-order valence-corrected chi connectivity index (χ4v) is 5.63. The molecule has 2 aromatic heterocycles. The zero-order chi connectivity index (χ0) is 23.5. The van der Waals surface area contributed by atoms with Gasteiger partial charge in [-0.25, -0.2) is 4.98 Å². The molecule has 7 heteroatoms. The molecule has 0 spiro atoms. The highest BCUT2D eigenvalue weighted by molar-refractivity contribution is 5.76. The summed E-state index contributed by atoms with van der Waals surface area (Å²) in [5, 5.41) is 13.4. The Hall–Kier alpha value is -3.22. The van der Waals surface area contributed by atoms with Crippen molar-refractivity contribution in [3.63, 3.8) is 0 Å². The van der Waals surface area contributed by atoms with Crippen LogP contribution in [0.1, 0.15) is 75.0 Å². The van der Waals surface area contributed by atoms with Crippen molar-refractivity contribution in [1.29, 1.82) is 0 Å². The summed E-state index contributed by atoms with van der Waals surface area (Å²) >= 11 is 0. The zero-order valence-electron chi connectivity index (χ0n) is 19.4. The molecule has 3 aromatic rings. The number of aliphatic carboxylic acids is 1. The van der Waals surface area contributed by atoms with Gasteiger partial charge in [-0.2, -0.15) is 4.98 Å². The lowest BCUT2D eigenvalue weighted by Crippen LogP contribution is -2.29. The van der Waals surface area contributed by atoms with Gasteiger partial charge >= 0.3 is 5.97 Å². The van der Waals surface area contributed by atoms with Gasteiger partial charge in [-0.1, -0.05) is 43.2 Å². The highest BCUT2D eigenvalue weighted by Crippen LogP contribution is 2.32. The predicted octanol–water partition coefficient (Wildman–Crippen LogP) is 4.94. The Morgan fingerprint density at radius 1 is 1.06 bits per heavy atom. The number of rotatable bonds is 7. The fraction of sp³-hybridized carbons (Fsp3) is 0.481. The second-order valence-corrected chi connectivity index (χ2v) is 9.88. The van der Waals surface area contributed by atoms with E-state index in [1.54, 1.807) is 0 Å². The van der Waals surface area contributed by atoms with E-state index in [0.717, 1.165) is 67.9 Å². The summed E-state index contributed by atoms with van der Waals surface area (Å²) in [5.41, 5.74) is 2.68. The normalized spacial score (nSPS) is 21.1. The standard InChI is InChI=1S/C27H32N4O3/c32-24(33)15-19-10-12-22(13-11-19)29-27-28-17-21-16-20(14-18-6-2-1-3-7-18)26(34)31(25(21)30-27)23-8-4-5-9-23/h1-3,6-7,16-17,19,22-23H,4-5,8-15H2,(H,32,33)(H,28,29,30). The lowest BCUT2D eigenvalue weighted by atomic mass is 9.84. The first-order valence-corrected chi connectivity index (χ1v) is 12.5. The van der Waals surface area contributed by atoms with Gasteiger partial charge in [0.05, 0.1) is 0 Å².